The molecular weight excluding hydrogens is 290 g/mol. The molecule has 0 aliphatic carbocycles. The number of fused-ring (bicyclic) bond motifs is 1. The lowest BCUT2D eigenvalue weighted by atomic mass is 10.2. The van der Waals surface area contributed by atoms with E-state index in [1.54, 1.807) is 11.8 Å². The molecular formula is C14H15N3O3S. The third-order valence-corrected chi connectivity index (χ3v) is 4.49. The predicted octanol–water partition coefficient (Wildman–Crippen LogP) is 1.60. The Morgan fingerprint density at radius 2 is 2.05 bits per heavy atom. The van der Waals surface area contributed by atoms with E-state index in [4.69, 9.17) is 4.74 Å². The molecule has 1 aliphatic heterocycles. The molecule has 0 spiro atoms. The molecule has 0 saturated carbocycles. The van der Waals surface area contributed by atoms with Crippen molar-refractivity contribution in [2.24, 2.45) is 0 Å². The Morgan fingerprint density at radius 3 is 2.67 bits per heavy atom. The summed E-state index contributed by atoms with van der Waals surface area (Å²) in [5.41, 5.74) is 2.46. The van der Waals surface area contributed by atoms with Gasteiger partial charge in [0.2, 0.25) is 5.91 Å². The van der Waals surface area contributed by atoms with Gasteiger partial charge in [0.15, 0.2) is 0 Å². The van der Waals surface area contributed by atoms with E-state index in [9.17, 15) is 9.00 Å². The molecule has 21 heavy (non-hydrogen) atoms. The first kappa shape index (κ1) is 13.8. The zero-order valence-electron chi connectivity index (χ0n) is 11.8. The first-order chi connectivity index (χ1) is 10.1. The van der Waals surface area contributed by atoms with Gasteiger partial charge in [0, 0.05) is 23.3 Å². The van der Waals surface area contributed by atoms with Crippen LogP contribution in [0.2, 0.25) is 0 Å². The number of nitrogens with zero attached hydrogens (tertiary/aromatic N) is 2. The molecule has 1 aromatic heterocycles. The van der Waals surface area contributed by atoms with Crippen LogP contribution in [-0.2, 0) is 27.1 Å². The van der Waals surface area contributed by atoms with Crippen LogP contribution < -0.4 is 10.1 Å². The normalized spacial score (nSPS) is 16.6. The van der Waals surface area contributed by atoms with E-state index in [1.807, 2.05) is 24.3 Å². The Kier molecular flexibility index (Phi) is 3.50. The minimum atomic E-state index is -0.930. The minimum absolute atomic E-state index is 0.176. The molecule has 2 heterocycles. The number of carbonyl (C=O) groups excluding carboxylic acids is 1. The molecule has 1 N–H and O–H groups in total. The van der Waals surface area contributed by atoms with Gasteiger partial charge in [-0.3, -0.25) is 9.00 Å². The van der Waals surface area contributed by atoms with Crippen LogP contribution >= 0.6 is 0 Å². The molecule has 7 heteroatoms. The molecule has 0 saturated heterocycles. The number of ether oxygens (including phenoxy) is 1. The van der Waals surface area contributed by atoms with Crippen LogP contribution in [0.1, 0.15) is 18.2 Å². The average Bonchev–Trinajstić information content (AvgIpc) is 2.96. The topological polar surface area (TPSA) is 73.2 Å². The van der Waals surface area contributed by atoms with Crippen LogP contribution in [0.4, 0.5) is 5.82 Å². The maximum atomic E-state index is 11.7. The highest BCUT2D eigenvalue weighted by atomic mass is 32.2. The Labute approximate surface area is 124 Å². The minimum Gasteiger partial charge on any atom is -0.497 e. The standard InChI is InChI=1S/C14H15N3O3S/c1-9(18)15-14-12-7-21(19)8-13(12)16-17(14)10-3-5-11(20-2)6-4-10/h3-6H,7-8H2,1-2H3,(H,15,18)/t21-/m1/s1. The number of amides is 1. The average molecular weight is 305 g/mol. The van der Waals surface area contributed by atoms with Gasteiger partial charge in [-0.1, -0.05) is 0 Å². The van der Waals surface area contributed by atoms with Crippen molar-refractivity contribution in [2.75, 3.05) is 12.4 Å². The maximum absolute atomic E-state index is 11.7. The van der Waals surface area contributed by atoms with Gasteiger partial charge in [-0.15, -0.1) is 0 Å². The van der Waals surface area contributed by atoms with Gasteiger partial charge >= 0.3 is 0 Å². The van der Waals surface area contributed by atoms with E-state index in [2.05, 4.69) is 10.4 Å². The molecule has 2 aromatic rings. The fourth-order valence-corrected chi connectivity index (χ4v) is 3.60. The molecule has 1 atom stereocenters. The van der Waals surface area contributed by atoms with Gasteiger partial charge in [-0.2, -0.15) is 5.10 Å². The van der Waals surface area contributed by atoms with Crippen molar-refractivity contribution in [3.05, 3.63) is 35.5 Å². The highest BCUT2D eigenvalue weighted by molar-refractivity contribution is 7.83. The largest absolute Gasteiger partial charge is 0.497 e. The lowest BCUT2D eigenvalue weighted by molar-refractivity contribution is -0.114. The number of carbonyl (C=O) groups is 1. The Bertz CT molecular complexity index is 722. The van der Waals surface area contributed by atoms with Crippen LogP contribution in [0.15, 0.2) is 24.3 Å². The second-order valence-electron chi connectivity index (χ2n) is 4.79. The van der Waals surface area contributed by atoms with Crippen molar-refractivity contribution in [3.8, 4) is 11.4 Å². The summed E-state index contributed by atoms with van der Waals surface area (Å²) in [4.78, 5) is 11.4. The second-order valence-corrected chi connectivity index (χ2v) is 6.25. The number of hydrogen-bond acceptors (Lipinski definition) is 4. The van der Waals surface area contributed by atoms with Crippen LogP contribution in [0.5, 0.6) is 5.75 Å². The molecule has 1 amide bonds. The van der Waals surface area contributed by atoms with Crippen molar-refractivity contribution in [2.45, 2.75) is 18.4 Å². The number of rotatable bonds is 3. The van der Waals surface area contributed by atoms with Gasteiger partial charge in [0.25, 0.3) is 0 Å². The van der Waals surface area contributed by atoms with E-state index < -0.39 is 10.8 Å². The van der Waals surface area contributed by atoms with Gasteiger partial charge in [-0.25, -0.2) is 4.68 Å². The van der Waals surface area contributed by atoms with Crippen molar-refractivity contribution in [1.82, 2.24) is 9.78 Å². The van der Waals surface area contributed by atoms with Crippen molar-refractivity contribution in [1.29, 1.82) is 0 Å². The summed E-state index contributed by atoms with van der Waals surface area (Å²) in [5.74, 6) is 2.05. The van der Waals surface area contributed by atoms with Crippen LogP contribution in [-0.4, -0.2) is 27.0 Å². The monoisotopic (exact) mass is 305 g/mol. The fraction of sp³-hybridized carbons (Fsp3) is 0.286. The lowest BCUT2D eigenvalue weighted by Gasteiger charge is -2.10. The van der Waals surface area contributed by atoms with Gasteiger partial charge in [-0.05, 0) is 24.3 Å². The SMILES string of the molecule is COc1ccc(-n2nc3c(c2NC(C)=O)C[S@@](=O)C3)cc1. The summed E-state index contributed by atoms with van der Waals surface area (Å²) in [6.07, 6.45) is 0. The molecule has 0 unspecified atom stereocenters. The van der Waals surface area contributed by atoms with E-state index in [1.165, 1.54) is 6.92 Å². The number of anilines is 1. The van der Waals surface area contributed by atoms with E-state index >= 15 is 0 Å². The molecule has 3 rings (SSSR count). The number of methoxy groups -OCH3 is 1. The fourth-order valence-electron chi connectivity index (χ4n) is 2.33. The summed E-state index contributed by atoms with van der Waals surface area (Å²) >= 11 is 0. The Hall–Kier alpha value is -2.15. The summed E-state index contributed by atoms with van der Waals surface area (Å²) in [6, 6.07) is 7.39. The molecule has 6 nitrogen and oxygen atoms in total. The van der Waals surface area contributed by atoms with Crippen LogP contribution in [0.3, 0.4) is 0 Å². The summed E-state index contributed by atoms with van der Waals surface area (Å²) in [5, 5.41) is 7.29. The molecule has 1 aliphatic rings. The molecule has 110 valence electrons. The zero-order valence-corrected chi connectivity index (χ0v) is 12.6. The maximum Gasteiger partial charge on any atom is 0.222 e. The first-order valence-electron chi connectivity index (χ1n) is 6.46. The third kappa shape index (κ3) is 2.56. The number of aromatic nitrogens is 2. The number of benzene rings is 1. The van der Waals surface area contributed by atoms with Crippen LogP contribution in [0.25, 0.3) is 5.69 Å². The number of hydrogen-bond donors (Lipinski definition) is 1. The van der Waals surface area contributed by atoms with Gasteiger partial charge in [0.05, 0.1) is 30.0 Å². The zero-order chi connectivity index (χ0) is 15.0. The van der Waals surface area contributed by atoms with E-state index in [0.717, 1.165) is 22.7 Å². The quantitative estimate of drug-likeness (QED) is 0.935. The molecule has 0 radical (unpaired) electrons. The van der Waals surface area contributed by atoms with Gasteiger partial charge < -0.3 is 10.1 Å². The second kappa shape index (κ2) is 5.33. The van der Waals surface area contributed by atoms with Gasteiger partial charge in [0.1, 0.15) is 11.6 Å². The molecule has 0 bridgehead atoms. The van der Waals surface area contributed by atoms with E-state index in [-0.39, 0.29) is 5.91 Å². The summed E-state index contributed by atoms with van der Waals surface area (Å²) < 4.78 is 18.5. The van der Waals surface area contributed by atoms with Crippen molar-refractivity contribution >= 4 is 22.5 Å². The predicted molar refractivity (Wildman–Crippen MR) is 80.0 cm³/mol. The summed E-state index contributed by atoms with van der Waals surface area (Å²) in [7, 11) is 0.676. The lowest BCUT2D eigenvalue weighted by Crippen LogP contribution is -2.13. The van der Waals surface area contributed by atoms with Crippen molar-refractivity contribution in [3.63, 3.8) is 0 Å². The molecule has 1 aromatic carbocycles. The van der Waals surface area contributed by atoms with Crippen LogP contribution in [0, 0.1) is 0 Å². The van der Waals surface area contributed by atoms with Crippen molar-refractivity contribution < 1.29 is 13.7 Å². The summed E-state index contributed by atoms with van der Waals surface area (Å²) in [6.45, 7) is 1.45. The van der Waals surface area contributed by atoms with E-state index in [0.29, 0.717) is 17.3 Å². The third-order valence-electron chi connectivity index (χ3n) is 3.28. The Balaban J connectivity index is 2.07. The highest BCUT2D eigenvalue weighted by Crippen LogP contribution is 2.31. The molecule has 0 fully saturated rings. The number of nitrogens with one attached hydrogen (secondary N) is 1. The smallest absolute Gasteiger partial charge is 0.222 e. The first-order valence-corrected chi connectivity index (χ1v) is 7.95. The Morgan fingerprint density at radius 1 is 1.33 bits per heavy atom. The highest BCUT2D eigenvalue weighted by Gasteiger charge is 2.27.